The molecule has 4 atom stereocenters. The predicted octanol–water partition coefficient (Wildman–Crippen LogP) is 2.60. The molecule has 0 aromatic carbocycles. The fourth-order valence-electron chi connectivity index (χ4n) is 2.67. The number of likely N-dealkylation sites (tertiary alicyclic amines) is 1. The number of hydrogen-bond donors (Lipinski definition) is 1. The van der Waals surface area contributed by atoms with Crippen LogP contribution >= 0.6 is 0 Å². The third-order valence-corrected chi connectivity index (χ3v) is 4.32. The van der Waals surface area contributed by atoms with E-state index in [0.717, 1.165) is 24.3 Å². The highest BCUT2D eigenvalue weighted by Gasteiger charge is 2.28. The largest absolute Gasteiger partial charge is 0.313 e. The van der Waals surface area contributed by atoms with Gasteiger partial charge in [-0.1, -0.05) is 41.0 Å². The second-order valence-electron chi connectivity index (χ2n) is 5.72. The molecule has 1 heterocycles. The maximum Gasteiger partial charge on any atom is 0.0220 e. The molecule has 1 aliphatic rings. The first-order chi connectivity index (χ1) is 7.58. The lowest BCUT2D eigenvalue weighted by Gasteiger charge is -2.28. The summed E-state index contributed by atoms with van der Waals surface area (Å²) >= 11 is 0. The van der Waals surface area contributed by atoms with Crippen LogP contribution in [0.15, 0.2) is 0 Å². The van der Waals surface area contributed by atoms with Crippen molar-refractivity contribution in [3.63, 3.8) is 0 Å². The van der Waals surface area contributed by atoms with Gasteiger partial charge in [0, 0.05) is 25.7 Å². The van der Waals surface area contributed by atoms with Gasteiger partial charge in [-0.3, -0.25) is 0 Å². The fraction of sp³-hybridized carbons (Fsp3) is 1.00. The zero-order chi connectivity index (χ0) is 12.1. The van der Waals surface area contributed by atoms with E-state index in [1.807, 2.05) is 0 Å². The van der Waals surface area contributed by atoms with Crippen molar-refractivity contribution in [3.8, 4) is 0 Å². The average molecular weight is 226 g/mol. The minimum atomic E-state index is 0.674. The van der Waals surface area contributed by atoms with Crippen molar-refractivity contribution in [3.05, 3.63) is 0 Å². The van der Waals surface area contributed by atoms with Crippen LogP contribution in [0.3, 0.4) is 0 Å². The highest BCUT2D eigenvalue weighted by atomic mass is 15.2. The van der Waals surface area contributed by atoms with Crippen molar-refractivity contribution in [1.29, 1.82) is 0 Å². The highest BCUT2D eigenvalue weighted by Crippen LogP contribution is 2.23. The van der Waals surface area contributed by atoms with Gasteiger partial charge in [-0.05, 0) is 24.3 Å². The van der Waals surface area contributed by atoms with Crippen LogP contribution in [0.25, 0.3) is 0 Å². The molecule has 0 amide bonds. The molecule has 0 aromatic rings. The number of rotatable bonds is 6. The summed E-state index contributed by atoms with van der Waals surface area (Å²) in [5.41, 5.74) is 0. The molecule has 0 aromatic heterocycles. The van der Waals surface area contributed by atoms with E-state index >= 15 is 0 Å². The normalized spacial score (nSPS) is 30.6. The Balaban J connectivity index is 2.43. The second-order valence-corrected chi connectivity index (χ2v) is 5.72. The molecule has 0 radical (unpaired) electrons. The lowest BCUT2D eigenvalue weighted by atomic mass is 9.98. The summed E-state index contributed by atoms with van der Waals surface area (Å²) in [4.78, 5) is 2.65. The standard InChI is InChI=1S/C14H30N2/c1-6-11(3)14(15-7-2)10-16-8-12(4)13(5)9-16/h11-15H,6-10H2,1-5H3. The van der Waals surface area contributed by atoms with Gasteiger partial charge in [0.1, 0.15) is 0 Å². The maximum absolute atomic E-state index is 3.65. The number of hydrogen-bond acceptors (Lipinski definition) is 2. The zero-order valence-electron chi connectivity index (χ0n) is 11.8. The van der Waals surface area contributed by atoms with Crippen molar-refractivity contribution in [2.75, 3.05) is 26.2 Å². The first kappa shape index (κ1) is 14.0. The molecule has 96 valence electrons. The van der Waals surface area contributed by atoms with Crippen LogP contribution < -0.4 is 5.32 Å². The van der Waals surface area contributed by atoms with Gasteiger partial charge in [-0.25, -0.2) is 0 Å². The molecule has 0 bridgehead atoms. The van der Waals surface area contributed by atoms with Crippen molar-refractivity contribution < 1.29 is 0 Å². The number of nitrogens with zero attached hydrogens (tertiary/aromatic N) is 1. The van der Waals surface area contributed by atoms with Gasteiger partial charge in [-0.15, -0.1) is 0 Å². The molecule has 1 aliphatic heterocycles. The summed E-state index contributed by atoms with van der Waals surface area (Å²) in [5.74, 6) is 2.53. The minimum Gasteiger partial charge on any atom is -0.313 e. The first-order valence-corrected chi connectivity index (χ1v) is 7.04. The molecule has 16 heavy (non-hydrogen) atoms. The molecule has 1 saturated heterocycles. The second kappa shape index (κ2) is 6.61. The van der Waals surface area contributed by atoms with Crippen LogP contribution in [0.1, 0.15) is 41.0 Å². The van der Waals surface area contributed by atoms with E-state index < -0.39 is 0 Å². The molecular formula is C14H30N2. The van der Waals surface area contributed by atoms with Crippen molar-refractivity contribution >= 4 is 0 Å². The molecule has 2 heteroatoms. The summed E-state index contributed by atoms with van der Waals surface area (Å²) in [7, 11) is 0. The van der Waals surface area contributed by atoms with Crippen molar-refractivity contribution in [2.45, 2.75) is 47.1 Å². The minimum absolute atomic E-state index is 0.674. The topological polar surface area (TPSA) is 15.3 Å². The molecule has 1 N–H and O–H groups in total. The van der Waals surface area contributed by atoms with E-state index in [0.29, 0.717) is 6.04 Å². The molecular weight excluding hydrogens is 196 g/mol. The maximum atomic E-state index is 3.65. The van der Waals surface area contributed by atoms with Gasteiger partial charge in [-0.2, -0.15) is 0 Å². The molecule has 0 saturated carbocycles. The summed E-state index contributed by atoms with van der Waals surface area (Å²) in [6.45, 7) is 16.6. The number of likely N-dealkylation sites (N-methyl/N-ethyl adjacent to an activating group) is 1. The summed E-state index contributed by atoms with van der Waals surface area (Å²) in [6.07, 6.45) is 1.27. The smallest absolute Gasteiger partial charge is 0.0220 e. The van der Waals surface area contributed by atoms with E-state index in [2.05, 4.69) is 44.8 Å². The van der Waals surface area contributed by atoms with E-state index in [1.54, 1.807) is 0 Å². The predicted molar refractivity (Wildman–Crippen MR) is 71.7 cm³/mol. The Hall–Kier alpha value is -0.0800. The Labute approximate surface area is 102 Å². The molecule has 4 unspecified atom stereocenters. The summed E-state index contributed by atoms with van der Waals surface area (Å²) < 4.78 is 0. The van der Waals surface area contributed by atoms with Crippen LogP contribution in [0, 0.1) is 17.8 Å². The quantitative estimate of drug-likeness (QED) is 0.749. The Morgan fingerprint density at radius 3 is 2.19 bits per heavy atom. The Morgan fingerprint density at radius 1 is 1.19 bits per heavy atom. The van der Waals surface area contributed by atoms with E-state index in [1.165, 1.54) is 26.1 Å². The van der Waals surface area contributed by atoms with Gasteiger partial charge in [0.2, 0.25) is 0 Å². The van der Waals surface area contributed by atoms with Crippen LogP contribution in [-0.2, 0) is 0 Å². The van der Waals surface area contributed by atoms with Crippen LogP contribution in [0.5, 0.6) is 0 Å². The summed E-state index contributed by atoms with van der Waals surface area (Å²) in [6, 6.07) is 0.674. The monoisotopic (exact) mass is 226 g/mol. The first-order valence-electron chi connectivity index (χ1n) is 7.04. The molecule has 2 nitrogen and oxygen atoms in total. The Bertz CT molecular complexity index is 183. The Morgan fingerprint density at radius 2 is 1.75 bits per heavy atom. The lowest BCUT2D eigenvalue weighted by molar-refractivity contribution is 0.239. The van der Waals surface area contributed by atoms with Gasteiger partial charge >= 0.3 is 0 Å². The van der Waals surface area contributed by atoms with E-state index in [4.69, 9.17) is 0 Å². The van der Waals surface area contributed by atoms with Gasteiger partial charge in [0.15, 0.2) is 0 Å². The van der Waals surface area contributed by atoms with Gasteiger partial charge < -0.3 is 10.2 Å². The lowest BCUT2D eigenvalue weighted by Crippen LogP contribution is -2.44. The van der Waals surface area contributed by atoms with Gasteiger partial charge in [0.05, 0.1) is 0 Å². The Kier molecular flexibility index (Phi) is 5.77. The molecule has 0 spiro atoms. The van der Waals surface area contributed by atoms with E-state index in [9.17, 15) is 0 Å². The highest BCUT2D eigenvalue weighted by molar-refractivity contribution is 4.83. The summed E-state index contributed by atoms with van der Waals surface area (Å²) in [5, 5.41) is 3.65. The van der Waals surface area contributed by atoms with Crippen molar-refractivity contribution in [2.24, 2.45) is 17.8 Å². The fourth-order valence-corrected chi connectivity index (χ4v) is 2.67. The number of nitrogens with one attached hydrogen (secondary N) is 1. The van der Waals surface area contributed by atoms with Crippen LogP contribution in [0.2, 0.25) is 0 Å². The SMILES string of the molecule is CCNC(CN1CC(C)C(C)C1)C(C)CC. The molecule has 0 aliphatic carbocycles. The van der Waals surface area contributed by atoms with Crippen molar-refractivity contribution in [1.82, 2.24) is 10.2 Å². The zero-order valence-corrected chi connectivity index (χ0v) is 11.8. The van der Waals surface area contributed by atoms with Crippen LogP contribution in [0.4, 0.5) is 0 Å². The average Bonchev–Trinajstić information content (AvgIpc) is 2.56. The van der Waals surface area contributed by atoms with Crippen LogP contribution in [-0.4, -0.2) is 37.1 Å². The third-order valence-electron chi connectivity index (χ3n) is 4.32. The third kappa shape index (κ3) is 3.74. The molecule has 1 fully saturated rings. The van der Waals surface area contributed by atoms with E-state index in [-0.39, 0.29) is 0 Å². The molecule has 1 rings (SSSR count). The van der Waals surface area contributed by atoms with Gasteiger partial charge in [0.25, 0.3) is 0 Å².